The Bertz CT molecular complexity index is 98.2. The summed E-state index contributed by atoms with van der Waals surface area (Å²) in [4.78, 5) is 18.2. The lowest BCUT2D eigenvalue weighted by molar-refractivity contribution is -0.159. The molecule has 0 bridgehead atoms. The van der Waals surface area contributed by atoms with E-state index in [2.05, 4.69) is 13.5 Å². The van der Waals surface area contributed by atoms with Crippen molar-refractivity contribution in [3.8, 4) is 0 Å². The number of carboxylic acids is 2. The number of aliphatic carboxylic acids is 2. The summed E-state index contributed by atoms with van der Waals surface area (Å²) >= 11 is 0. The van der Waals surface area contributed by atoms with E-state index < -0.39 is 11.9 Å². The molecule has 0 fully saturated rings. The van der Waals surface area contributed by atoms with Crippen LogP contribution in [-0.2, 0) is 9.59 Å². The molecule has 0 aromatic heterocycles. The zero-order valence-electron chi connectivity index (χ0n) is 6.13. The molecule has 0 aliphatic heterocycles. The maximum atomic E-state index is 9.10. The Kier molecular flexibility index (Phi) is 9.70. The van der Waals surface area contributed by atoms with E-state index in [4.69, 9.17) is 19.8 Å². The molecule has 5 heteroatoms. The highest BCUT2D eigenvalue weighted by molar-refractivity contribution is 6.33. The monoisotopic (exact) mass is 164 g/mol. The van der Waals surface area contributed by atoms with E-state index in [9.17, 15) is 0 Å². The molecule has 0 unspecified atom stereocenters. The van der Waals surface area contributed by atoms with Crippen molar-refractivity contribution in [3.63, 3.8) is 0 Å². The van der Waals surface area contributed by atoms with Crippen LogP contribution in [0, 0.1) is 0 Å². The highest BCUT2D eigenvalue weighted by Crippen LogP contribution is 1.64. The highest BCUT2D eigenvalue weighted by atomic mass is 28.2. The van der Waals surface area contributed by atoms with Crippen LogP contribution >= 0.6 is 0 Å². The van der Waals surface area contributed by atoms with Crippen LogP contribution in [0.15, 0.2) is 0 Å². The van der Waals surface area contributed by atoms with Crippen molar-refractivity contribution in [2.45, 2.75) is 19.5 Å². The second-order valence-corrected chi connectivity index (χ2v) is 3.61. The predicted octanol–water partition coefficient (Wildman–Crippen LogP) is -0.203. The SMILES string of the molecule is CC[SiH2]C.O=C(O)C(=O)O. The van der Waals surface area contributed by atoms with E-state index in [1.54, 1.807) is 0 Å². The second kappa shape index (κ2) is 8.16. The molecule has 0 spiro atoms. The summed E-state index contributed by atoms with van der Waals surface area (Å²) in [6, 6.07) is 1.46. The number of carbonyl (C=O) groups is 2. The highest BCUT2D eigenvalue weighted by Gasteiger charge is 2.04. The van der Waals surface area contributed by atoms with Gasteiger partial charge in [-0.3, -0.25) is 0 Å². The number of rotatable bonds is 1. The number of carboxylic acid groups (broad SMARTS) is 2. The molecule has 60 valence electrons. The third-order valence-corrected chi connectivity index (χ3v) is 1.68. The normalized spacial score (nSPS) is 8.60. The van der Waals surface area contributed by atoms with Gasteiger partial charge < -0.3 is 10.2 Å². The van der Waals surface area contributed by atoms with E-state index in [1.807, 2.05) is 0 Å². The van der Waals surface area contributed by atoms with Crippen LogP contribution < -0.4 is 0 Å². The zero-order chi connectivity index (χ0) is 8.57. The van der Waals surface area contributed by atoms with Gasteiger partial charge in [0.05, 0.1) is 0 Å². The van der Waals surface area contributed by atoms with Crippen molar-refractivity contribution >= 4 is 21.5 Å². The van der Waals surface area contributed by atoms with Gasteiger partial charge >= 0.3 is 11.9 Å². The molecule has 0 saturated carbocycles. The summed E-state index contributed by atoms with van der Waals surface area (Å²) in [6.07, 6.45) is 0. The molecule has 0 aliphatic rings. The van der Waals surface area contributed by atoms with Crippen molar-refractivity contribution in [3.05, 3.63) is 0 Å². The summed E-state index contributed by atoms with van der Waals surface area (Å²) < 4.78 is 0. The maximum absolute atomic E-state index is 9.10. The lowest BCUT2D eigenvalue weighted by atomic mass is 10.7. The lowest BCUT2D eigenvalue weighted by Gasteiger charge is -1.72. The standard InChI is InChI=1S/C3H10Si.C2H2O4/c1-3-4-2;3-1(4)2(5)6/h3-4H2,1-2H3;(H,3,4)(H,5,6). The number of hydrogen-bond acceptors (Lipinski definition) is 2. The van der Waals surface area contributed by atoms with Crippen molar-refractivity contribution in [2.75, 3.05) is 0 Å². The summed E-state index contributed by atoms with van der Waals surface area (Å²) in [5.74, 6) is -3.65. The first-order valence-corrected chi connectivity index (χ1v) is 5.43. The molecule has 10 heavy (non-hydrogen) atoms. The van der Waals surface area contributed by atoms with E-state index in [-0.39, 0.29) is 0 Å². The summed E-state index contributed by atoms with van der Waals surface area (Å²) in [7, 11) is 0.424. The van der Waals surface area contributed by atoms with Gasteiger partial charge in [0.2, 0.25) is 0 Å². The molecule has 4 nitrogen and oxygen atoms in total. The molecule has 0 amide bonds. The Morgan fingerprint density at radius 1 is 1.30 bits per heavy atom. The summed E-state index contributed by atoms with van der Waals surface area (Å²) in [5.41, 5.74) is 0. The maximum Gasteiger partial charge on any atom is 0.414 e. The van der Waals surface area contributed by atoms with Crippen LogP contribution in [0.3, 0.4) is 0 Å². The number of hydrogen-bond donors (Lipinski definition) is 2. The van der Waals surface area contributed by atoms with E-state index >= 15 is 0 Å². The van der Waals surface area contributed by atoms with E-state index in [0.717, 1.165) is 0 Å². The zero-order valence-corrected chi connectivity index (χ0v) is 7.54. The summed E-state index contributed by atoms with van der Waals surface area (Å²) in [6.45, 7) is 4.56. The molecular weight excluding hydrogens is 152 g/mol. The molecule has 0 aromatic carbocycles. The van der Waals surface area contributed by atoms with Gasteiger partial charge in [-0.15, -0.1) is 0 Å². The van der Waals surface area contributed by atoms with Crippen molar-refractivity contribution in [2.24, 2.45) is 0 Å². The van der Waals surface area contributed by atoms with Crippen LogP contribution in [0.1, 0.15) is 6.92 Å². The van der Waals surface area contributed by atoms with Crippen LogP contribution in [0.2, 0.25) is 12.6 Å². The third-order valence-electron chi connectivity index (χ3n) is 0.683. The van der Waals surface area contributed by atoms with Gasteiger partial charge in [-0.25, -0.2) is 9.59 Å². The Balaban J connectivity index is 0. The summed E-state index contributed by atoms with van der Waals surface area (Å²) in [5, 5.41) is 14.8. The van der Waals surface area contributed by atoms with E-state index in [1.165, 1.54) is 6.04 Å². The van der Waals surface area contributed by atoms with E-state index in [0.29, 0.717) is 9.52 Å². The van der Waals surface area contributed by atoms with Gasteiger partial charge in [-0.1, -0.05) is 19.5 Å². The smallest absolute Gasteiger partial charge is 0.414 e. The van der Waals surface area contributed by atoms with Gasteiger partial charge in [-0.2, -0.15) is 0 Å². The van der Waals surface area contributed by atoms with Crippen LogP contribution in [0.4, 0.5) is 0 Å². The quantitative estimate of drug-likeness (QED) is 0.415. The Labute approximate surface area is 61.7 Å². The molecule has 0 rings (SSSR count). The Morgan fingerprint density at radius 3 is 1.50 bits per heavy atom. The minimum atomic E-state index is -1.82. The molecule has 0 aromatic rings. The van der Waals surface area contributed by atoms with Gasteiger partial charge in [0.1, 0.15) is 0 Å². The first-order chi connectivity index (χ1) is 4.56. The predicted molar refractivity (Wildman–Crippen MR) is 40.2 cm³/mol. The van der Waals surface area contributed by atoms with Gasteiger partial charge in [0.25, 0.3) is 0 Å². The molecule has 0 saturated heterocycles. The minimum Gasteiger partial charge on any atom is -0.473 e. The second-order valence-electron chi connectivity index (χ2n) is 1.61. The average molecular weight is 164 g/mol. The fraction of sp³-hybridized carbons (Fsp3) is 0.600. The topological polar surface area (TPSA) is 74.6 Å². The first-order valence-electron chi connectivity index (χ1n) is 3.02. The minimum absolute atomic E-state index is 0.424. The molecule has 0 heterocycles. The lowest BCUT2D eigenvalue weighted by Crippen LogP contribution is -2.09. The molecule has 0 atom stereocenters. The van der Waals surface area contributed by atoms with Crippen LogP contribution in [-0.4, -0.2) is 31.7 Å². The largest absolute Gasteiger partial charge is 0.473 e. The molecule has 0 aliphatic carbocycles. The van der Waals surface area contributed by atoms with Crippen molar-refractivity contribution in [1.82, 2.24) is 0 Å². The van der Waals surface area contributed by atoms with Crippen molar-refractivity contribution < 1.29 is 19.8 Å². The van der Waals surface area contributed by atoms with Gasteiger partial charge in [-0.05, 0) is 0 Å². The first kappa shape index (κ1) is 11.9. The molecule has 0 radical (unpaired) electrons. The molecule has 2 N–H and O–H groups in total. The van der Waals surface area contributed by atoms with Crippen LogP contribution in [0.25, 0.3) is 0 Å². The Morgan fingerprint density at radius 2 is 1.50 bits per heavy atom. The van der Waals surface area contributed by atoms with Crippen LogP contribution in [0.5, 0.6) is 0 Å². The third kappa shape index (κ3) is 15.7. The fourth-order valence-electron chi connectivity index (χ4n) is 0. The van der Waals surface area contributed by atoms with Crippen molar-refractivity contribution in [1.29, 1.82) is 0 Å². The van der Waals surface area contributed by atoms with Gasteiger partial charge in [0.15, 0.2) is 0 Å². The fourth-order valence-corrected chi connectivity index (χ4v) is 0. The van der Waals surface area contributed by atoms with Gasteiger partial charge in [0, 0.05) is 9.52 Å². The Hall–Kier alpha value is -0.843. The average Bonchev–Trinajstić information content (AvgIpc) is 1.89. The molecular formula is C5H12O4Si.